The lowest BCUT2D eigenvalue weighted by Gasteiger charge is -2.41. The third-order valence-corrected chi connectivity index (χ3v) is 8.59. The molecule has 3 saturated heterocycles. The number of hydrogen-bond acceptors (Lipinski definition) is 7. The molecule has 3 aliphatic rings. The molecule has 202 valence electrons. The van der Waals surface area contributed by atoms with Gasteiger partial charge in [0.2, 0.25) is 0 Å². The van der Waals surface area contributed by atoms with Gasteiger partial charge in [-0.2, -0.15) is 0 Å². The van der Waals surface area contributed by atoms with Gasteiger partial charge in [-0.3, -0.25) is 4.90 Å². The Balaban J connectivity index is 1.13. The van der Waals surface area contributed by atoms with Crippen molar-refractivity contribution >= 4 is 17.3 Å². The fraction of sp³-hybridized carbons (Fsp3) is 0.433. The highest BCUT2D eigenvalue weighted by Gasteiger charge is 2.29. The summed E-state index contributed by atoms with van der Waals surface area (Å²) in [6, 6.07) is 18.0. The van der Waals surface area contributed by atoms with Crippen molar-refractivity contribution in [3.8, 4) is 11.4 Å². The minimum atomic E-state index is -0.196. The summed E-state index contributed by atoms with van der Waals surface area (Å²) in [4.78, 5) is 17.0. The van der Waals surface area contributed by atoms with Crippen LogP contribution in [0.5, 0.6) is 0 Å². The molecule has 0 saturated carbocycles. The Bertz CT molecular complexity index is 1440. The number of anilines is 2. The van der Waals surface area contributed by atoms with Crippen molar-refractivity contribution in [2.75, 3.05) is 55.6 Å². The zero-order valence-corrected chi connectivity index (χ0v) is 22.2. The lowest BCUT2D eigenvalue weighted by atomic mass is 10.0. The molecule has 39 heavy (non-hydrogen) atoms. The molecule has 1 unspecified atom stereocenters. The topological polar surface area (TPSA) is 64.8 Å². The van der Waals surface area contributed by atoms with E-state index in [4.69, 9.17) is 10.1 Å². The van der Waals surface area contributed by atoms with Gasteiger partial charge in [-0.05, 0) is 80.7 Å². The SMILES string of the molecule is Fc1cccc(C2CCCN2c2ccc3ncc(-c4cccc(N5CCN(C6CCNCC6)CC5)n4)n3n2)c1. The maximum atomic E-state index is 14.0. The summed E-state index contributed by atoms with van der Waals surface area (Å²) in [5.41, 5.74) is 3.53. The molecule has 3 aliphatic heterocycles. The fourth-order valence-corrected chi connectivity index (χ4v) is 6.52. The highest BCUT2D eigenvalue weighted by atomic mass is 19.1. The number of nitrogens with one attached hydrogen (secondary N) is 1. The number of pyridine rings is 1. The largest absolute Gasteiger partial charge is 0.354 e. The number of aromatic nitrogens is 4. The van der Waals surface area contributed by atoms with Crippen LogP contribution in [0.1, 0.15) is 37.3 Å². The summed E-state index contributed by atoms with van der Waals surface area (Å²) in [6.07, 6.45) is 6.39. The summed E-state index contributed by atoms with van der Waals surface area (Å²) in [6.45, 7) is 7.30. The van der Waals surface area contributed by atoms with Gasteiger partial charge in [0, 0.05) is 38.8 Å². The number of piperazine rings is 1. The van der Waals surface area contributed by atoms with Crippen LogP contribution < -0.4 is 15.1 Å². The quantitative estimate of drug-likeness (QED) is 0.419. The molecule has 6 heterocycles. The van der Waals surface area contributed by atoms with E-state index in [1.54, 1.807) is 12.1 Å². The first-order valence-electron chi connectivity index (χ1n) is 14.3. The van der Waals surface area contributed by atoms with Crippen LogP contribution in [0.25, 0.3) is 17.0 Å². The third-order valence-electron chi connectivity index (χ3n) is 8.59. The number of piperidine rings is 1. The minimum Gasteiger partial charge on any atom is -0.354 e. The van der Waals surface area contributed by atoms with Crippen LogP contribution in [0.4, 0.5) is 16.0 Å². The zero-order valence-electron chi connectivity index (χ0n) is 22.2. The molecule has 7 rings (SSSR count). The van der Waals surface area contributed by atoms with Crippen molar-refractivity contribution in [2.24, 2.45) is 0 Å². The second kappa shape index (κ2) is 10.5. The Morgan fingerprint density at radius 1 is 0.846 bits per heavy atom. The Morgan fingerprint density at radius 3 is 2.54 bits per heavy atom. The molecule has 9 heteroatoms. The van der Waals surface area contributed by atoms with E-state index < -0.39 is 0 Å². The summed E-state index contributed by atoms with van der Waals surface area (Å²) in [5.74, 6) is 1.69. The molecule has 0 bridgehead atoms. The molecule has 4 aromatic rings. The van der Waals surface area contributed by atoms with Crippen molar-refractivity contribution in [2.45, 2.75) is 37.8 Å². The Morgan fingerprint density at radius 2 is 1.69 bits per heavy atom. The summed E-state index contributed by atoms with van der Waals surface area (Å²) in [7, 11) is 0. The van der Waals surface area contributed by atoms with Crippen molar-refractivity contribution < 1.29 is 4.39 Å². The highest BCUT2D eigenvalue weighted by Crippen LogP contribution is 2.36. The molecule has 0 radical (unpaired) electrons. The normalized spacial score (nSPS) is 21.2. The van der Waals surface area contributed by atoms with Crippen LogP contribution in [-0.4, -0.2) is 76.3 Å². The van der Waals surface area contributed by atoms with Gasteiger partial charge in [-0.15, -0.1) is 5.10 Å². The molecule has 8 nitrogen and oxygen atoms in total. The second-order valence-corrected chi connectivity index (χ2v) is 10.9. The molecule has 0 aliphatic carbocycles. The van der Waals surface area contributed by atoms with Crippen LogP contribution in [0.15, 0.2) is 60.8 Å². The molecule has 0 spiro atoms. The number of rotatable bonds is 5. The van der Waals surface area contributed by atoms with Gasteiger partial charge in [-0.25, -0.2) is 18.9 Å². The number of hydrogen-bond donors (Lipinski definition) is 1. The molecule has 3 fully saturated rings. The number of benzene rings is 1. The van der Waals surface area contributed by atoms with Gasteiger partial charge in [0.1, 0.15) is 23.1 Å². The van der Waals surface area contributed by atoms with E-state index in [-0.39, 0.29) is 11.9 Å². The lowest BCUT2D eigenvalue weighted by molar-refractivity contribution is 0.153. The summed E-state index contributed by atoms with van der Waals surface area (Å²) >= 11 is 0. The lowest BCUT2D eigenvalue weighted by Crippen LogP contribution is -2.53. The monoisotopic (exact) mass is 526 g/mol. The van der Waals surface area contributed by atoms with Crippen LogP contribution in [0.3, 0.4) is 0 Å². The van der Waals surface area contributed by atoms with Gasteiger partial charge in [-0.1, -0.05) is 18.2 Å². The summed E-state index contributed by atoms with van der Waals surface area (Å²) in [5, 5.41) is 8.49. The zero-order chi connectivity index (χ0) is 26.2. The van der Waals surface area contributed by atoms with Crippen LogP contribution in [0.2, 0.25) is 0 Å². The van der Waals surface area contributed by atoms with E-state index in [1.807, 2.05) is 35.0 Å². The van der Waals surface area contributed by atoms with Gasteiger partial charge in [0.15, 0.2) is 5.65 Å². The van der Waals surface area contributed by atoms with Crippen molar-refractivity contribution in [1.82, 2.24) is 29.8 Å². The summed E-state index contributed by atoms with van der Waals surface area (Å²) < 4.78 is 15.9. The van der Waals surface area contributed by atoms with Crippen molar-refractivity contribution in [1.29, 1.82) is 0 Å². The number of nitrogens with zero attached hydrogens (tertiary/aromatic N) is 7. The van der Waals surface area contributed by atoms with E-state index in [0.29, 0.717) is 6.04 Å². The molecule has 1 aromatic carbocycles. The second-order valence-electron chi connectivity index (χ2n) is 10.9. The van der Waals surface area contributed by atoms with E-state index in [9.17, 15) is 4.39 Å². The van der Waals surface area contributed by atoms with Crippen LogP contribution >= 0.6 is 0 Å². The average molecular weight is 527 g/mol. The molecular weight excluding hydrogens is 491 g/mol. The van der Waals surface area contributed by atoms with Crippen molar-refractivity contribution in [3.05, 3.63) is 72.2 Å². The van der Waals surface area contributed by atoms with E-state index in [1.165, 1.54) is 18.9 Å². The first-order chi connectivity index (χ1) is 19.2. The van der Waals surface area contributed by atoms with E-state index in [2.05, 4.69) is 37.1 Å². The maximum Gasteiger partial charge on any atom is 0.154 e. The molecule has 1 atom stereocenters. The fourth-order valence-electron chi connectivity index (χ4n) is 6.52. The number of halogens is 1. The first kappa shape index (κ1) is 24.5. The predicted octanol–water partition coefficient (Wildman–Crippen LogP) is 4.15. The number of imidazole rings is 1. The minimum absolute atomic E-state index is 0.114. The van der Waals surface area contributed by atoms with Gasteiger partial charge in [0.05, 0.1) is 17.9 Å². The van der Waals surface area contributed by atoms with E-state index in [0.717, 1.165) is 92.9 Å². The van der Waals surface area contributed by atoms with Crippen LogP contribution in [-0.2, 0) is 0 Å². The van der Waals surface area contributed by atoms with E-state index >= 15 is 0 Å². The Kier molecular flexibility index (Phi) is 6.62. The van der Waals surface area contributed by atoms with Crippen LogP contribution in [0, 0.1) is 5.82 Å². The molecule has 3 aromatic heterocycles. The predicted molar refractivity (Wildman–Crippen MR) is 152 cm³/mol. The molecular formula is C30H35FN8. The van der Waals surface area contributed by atoms with Gasteiger partial charge >= 0.3 is 0 Å². The highest BCUT2D eigenvalue weighted by molar-refractivity contribution is 5.62. The Hall–Kier alpha value is -3.56. The maximum absolute atomic E-state index is 14.0. The molecule has 0 amide bonds. The average Bonchev–Trinajstić information content (AvgIpc) is 3.65. The van der Waals surface area contributed by atoms with Crippen molar-refractivity contribution in [3.63, 3.8) is 0 Å². The smallest absolute Gasteiger partial charge is 0.154 e. The first-order valence-corrected chi connectivity index (χ1v) is 14.3. The molecule has 1 N–H and O–H groups in total. The number of fused-ring (bicyclic) bond motifs is 1. The standard InChI is InChI=1S/C30H35FN8/c31-23-5-1-4-22(20-23)26-7-3-15-38(26)30-10-9-28-33-21-27(39(28)35-30)25-6-2-8-29(34-25)37-18-16-36(17-19-37)24-11-13-32-14-12-24/h1-2,4-6,8-10,20-21,24,26,32H,3,7,11-19H2. The third kappa shape index (κ3) is 4.85. The Labute approximate surface area is 228 Å². The van der Waals surface area contributed by atoms with Gasteiger partial charge < -0.3 is 15.1 Å². The van der Waals surface area contributed by atoms with Gasteiger partial charge in [0.25, 0.3) is 0 Å².